The standard InChI is InChI=1S/C15H21FN2O2S/c16-13-5-6-15(14(17)9-13)21(19,20)18-8-7-11-3-1-2-4-12(11)10-18/h5-6,9,11-12H,1-4,7-8,10,17H2. The summed E-state index contributed by atoms with van der Waals surface area (Å²) < 4.78 is 40.1. The van der Waals surface area contributed by atoms with Gasteiger partial charge in [-0.05, 0) is 42.9 Å². The van der Waals surface area contributed by atoms with Crippen molar-refractivity contribution in [3.8, 4) is 0 Å². The van der Waals surface area contributed by atoms with Gasteiger partial charge < -0.3 is 5.73 Å². The van der Waals surface area contributed by atoms with Crippen LogP contribution in [-0.4, -0.2) is 25.8 Å². The molecule has 3 rings (SSSR count). The number of hydrogen-bond donors (Lipinski definition) is 1. The van der Waals surface area contributed by atoms with E-state index >= 15 is 0 Å². The summed E-state index contributed by atoms with van der Waals surface area (Å²) in [6.45, 7) is 1.12. The van der Waals surface area contributed by atoms with E-state index < -0.39 is 15.8 Å². The summed E-state index contributed by atoms with van der Waals surface area (Å²) in [6, 6.07) is 3.49. The highest BCUT2D eigenvalue weighted by Gasteiger charge is 2.37. The Morgan fingerprint density at radius 1 is 1.14 bits per heavy atom. The molecule has 0 bridgehead atoms. The van der Waals surface area contributed by atoms with Crippen LogP contribution < -0.4 is 5.73 Å². The molecule has 1 saturated heterocycles. The maximum Gasteiger partial charge on any atom is 0.245 e. The first kappa shape index (κ1) is 14.8. The van der Waals surface area contributed by atoms with E-state index in [1.54, 1.807) is 0 Å². The molecule has 0 spiro atoms. The van der Waals surface area contributed by atoms with E-state index in [9.17, 15) is 12.8 Å². The molecule has 1 heterocycles. The van der Waals surface area contributed by atoms with Gasteiger partial charge in [0.2, 0.25) is 10.0 Å². The fourth-order valence-electron chi connectivity index (χ4n) is 3.68. The molecule has 1 aliphatic carbocycles. The van der Waals surface area contributed by atoms with Crippen LogP contribution in [0.5, 0.6) is 0 Å². The van der Waals surface area contributed by atoms with Gasteiger partial charge in [-0.15, -0.1) is 0 Å². The van der Waals surface area contributed by atoms with E-state index in [2.05, 4.69) is 0 Å². The molecular weight excluding hydrogens is 291 g/mol. The zero-order valence-corrected chi connectivity index (χ0v) is 12.8. The van der Waals surface area contributed by atoms with Crippen LogP contribution in [0.2, 0.25) is 0 Å². The number of nitrogens with two attached hydrogens (primary N) is 1. The summed E-state index contributed by atoms with van der Waals surface area (Å²) in [5.74, 6) is 0.608. The van der Waals surface area contributed by atoms with Crippen molar-refractivity contribution in [2.75, 3.05) is 18.8 Å². The van der Waals surface area contributed by atoms with Crippen LogP contribution in [-0.2, 0) is 10.0 Å². The number of nitrogen functional groups attached to an aromatic ring is 1. The SMILES string of the molecule is Nc1cc(F)ccc1S(=O)(=O)N1CCC2CCCCC2C1. The Bertz CT molecular complexity index is 633. The van der Waals surface area contributed by atoms with E-state index in [0.717, 1.165) is 25.0 Å². The number of rotatable bonds is 2. The van der Waals surface area contributed by atoms with E-state index in [0.29, 0.717) is 24.9 Å². The Hall–Kier alpha value is -1.14. The van der Waals surface area contributed by atoms with Crippen LogP contribution >= 0.6 is 0 Å². The van der Waals surface area contributed by atoms with Crippen molar-refractivity contribution in [2.24, 2.45) is 11.8 Å². The lowest BCUT2D eigenvalue weighted by atomic mass is 9.76. The van der Waals surface area contributed by atoms with Gasteiger partial charge in [-0.3, -0.25) is 0 Å². The van der Waals surface area contributed by atoms with Crippen molar-refractivity contribution in [1.82, 2.24) is 4.31 Å². The quantitative estimate of drug-likeness (QED) is 0.854. The first-order chi connectivity index (χ1) is 9.98. The second-order valence-corrected chi connectivity index (χ2v) is 8.04. The number of anilines is 1. The molecule has 0 radical (unpaired) electrons. The molecule has 2 unspecified atom stereocenters. The minimum atomic E-state index is -3.62. The number of sulfonamides is 1. The molecular formula is C15H21FN2O2S. The van der Waals surface area contributed by atoms with Crippen LogP contribution in [0.1, 0.15) is 32.1 Å². The Kier molecular flexibility index (Phi) is 3.92. The second kappa shape index (κ2) is 5.57. The minimum absolute atomic E-state index is 0.0132. The van der Waals surface area contributed by atoms with Gasteiger partial charge in [0.05, 0.1) is 5.69 Å². The maximum atomic E-state index is 13.1. The highest BCUT2D eigenvalue weighted by atomic mass is 32.2. The Balaban J connectivity index is 1.85. The molecule has 1 aromatic rings. The molecule has 2 fully saturated rings. The van der Waals surface area contributed by atoms with Gasteiger partial charge in [0.1, 0.15) is 10.7 Å². The number of hydrogen-bond acceptors (Lipinski definition) is 3. The Labute approximate surface area is 125 Å². The van der Waals surface area contributed by atoms with Gasteiger partial charge in [-0.1, -0.05) is 19.3 Å². The lowest BCUT2D eigenvalue weighted by molar-refractivity contribution is 0.136. The van der Waals surface area contributed by atoms with Crippen molar-refractivity contribution in [3.63, 3.8) is 0 Å². The third-order valence-electron chi connectivity index (χ3n) is 4.84. The zero-order chi connectivity index (χ0) is 15.0. The maximum absolute atomic E-state index is 13.1. The molecule has 4 nitrogen and oxygen atoms in total. The van der Waals surface area contributed by atoms with E-state index in [1.807, 2.05) is 0 Å². The topological polar surface area (TPSA) is 63.4 Å². The van der Waals surface area contributed by atoms with Gasteiger partial charge in [0, 0.05) is 13.1 Å². The average molecular weight is 312 g/mol. The Morgan fingerprint density at radius 2 is 1.86 bits per heavy atom. The van der Waals surface area contributed by atoms with E-state index in [4.69, 9.17) is 5.73 Å². The predicted molar refractivity (Wildman–Crippen MR) is 79.6 cm³/mol. The zero-order valence-electron chi connectivity index (χ0n) is 12.0. The number of piperidine rings is 1. The highest BCUT2D eigenvalue weighted by molar-refractivity contribution is 7.89. The monoisotopic (exact) mass is 312 g/mol. The van der Waals surface area contributed by atoms with Gasteiger partial charge in [-0.2, -0.15) is 4.31 Å². The van der Waals surface area contributed by atoms with Crippen molar-refractivity contribution in [1.29, 1.82) is 0 Å². The van der Waals surface area contributed by atoms with Crippen LogP contribution in [0.15, 0.2) is 23.1 Å². The lowest BCUT2D eigenvalue weighted by Gasteiger charge is -2.40. The highest BCUT2D eigenvalue weighted by Crippen LogP contribution is 2.38. The number of halogens is 1. The van der Waals surface area contributed by atoms with E-state index in [-0.39, 0.29) is 10.6 Å². The fourth-order valence-corrected chi connectivity index (χ4v) is 5.29. The van der Waals surface area contributed by atoms with Gasteiger partial charge in [0.25, 0.3) is 0 Å². The summed E-state index contributed by atoms with van der Waals surface area (Å²) >= 11 is 0. The molecule has 6 heteroatoms. The predicted octanol–water partition coefficient (Wildman–Crippen LogP) is 2.61. The molecule has 116 valence electrons. The summed E-state index contributed by atoms with van der Waals surface area (Å²) in [7, 11) is -3.62. The third-order valence-corrected chi connectivity index (χ3v) is 6.78. The largest absolute Gasteiger partial charge is 0.398 e. The normalized spacial score (nSPS) is 27.3. The summed E-state index contributed by atoms with van der Waals surface area (Å²) in [6.07, 6.45) is 5.70. The first-order valence-electron chi connectivity index (χ1n) is 7.53. The van der Waals surface area contributed by atoms with Gasteiger partial charge >= 0.3 is 0 Å². The van der Waals surface area contributed by atoms with Crippen molar-refractivity contribution >= 4 is 15.7 Å². The molecule has 1 saturated carbocycles. The van der Waals surface area contributed by atoms with Gasteiger partial charge in [-0.25, -0.2) is 12.8 Å². The van der Waals surface area contributed by atoms with E-state index in [1.165, 1.54) is 29.6 Å². The first-order valence-corrected chi connectivity index (χ1v) is 8.97. The van der Waals surface area contributed by atoms with Gasteiger partial charge in [0.15, 0.2) is 0 Å². The smallest absolute Gasteiger partial charge is 0.245 e. The van der Waals surface area contributed by atoms with Crippen molar-refractivity contribution < 1.29 is 12.8 Å². The van der Waals surface area contributed by atoms with Crippen LogP contribution in [0.4, 0.5) is 10.1 Å². The molecule has 0 amide bonds. The number of benzene rings is 1. The molecule has 0 aromatic heterocycles. The summed E-state index contributed by atoms with van der Waals surface area (Å²) in [5, 5.41) is 0. The van der Waals surface area contributed by atoms with Crippen LogP contribution in [0, 0.1) is 17.7 Å². The van der Waals surface area contributed by atoms with Crippen LogP contribution in [0.25, 0.3) is 0 Å². The van der Waals surface area contributed by atoms with Crippen LogP contribution in [0.3, 0.4) is 0 Å². The van der Waals surface area contributed by atoms with Crippen molar-refractivity contribution in [2.45, 2.75) is 37.0 Å². The molecule has 2 N–H and O–H groups in total. The molecule has 21 heavy (non-hydrogen) atoms. The molecule has 2 aliphatic rings. The number of nitrogens with zero attached hydrogens (tertiary/aromatic N) is 1. The third kappa shape index (κ3) is 2.79. The fraction of sp³-hybridized carbons (Fsp3) is 0.600. The molecule has 2 atom stereocenters. The van der Waals surface area contributed by atoms with Crippen molar-refractivity contribution in [3.05, 3.63) is 24.0 Å². The second-order valence-electron chi connectivity index (χ2n) is 6.14. The number of fused-ring (bicyclic) bond motifs is 1. The average Bonchev–Trinajstić information content (AvgIpc) is 2.46. The lowest BCUT2D eigenvalue weighted by Crippen LogP contribution is -2.44. The summed E-state index contributed by atoms with van der Waals surface area (Å²) in [4.78, 5) is 0.0261. The Morgan fingerprint density at radius 3 is 2.57 bits per heavy atom. The molecule has 1 aliphatic heterocycles. The minimum Gasteiger partial charge on any atom is -0.398 e. The molecule has 1 aromatic carbocycles. The summed E-state index contributed by atoms with van der Waals surface area (Å²) in [5.41, 5.74) is 5.69.